The lowest BCUT2D eigenvalue weighted by atomic mass is 9.83. The van der Waals surface area contributed by atoms with E-state index in [0.29, 0.717) is 5.92 Å². The molecule has 0 heterocycles. The maximum Gasteiger partial charge on any atom is 0.312 e. The molecule has 1 aromatic rings. The van der Waals surface area contributed by atoms with Crippen LogP contribution in [0, 0.1) is 0 Å². The van der Waals surface area contributed by atoms with E-state index in [4.69, 9.17) is 10.8 Å². The van der Waals surface area contributed by atoms with Crippen molar-refractivity contribution >= 4 is 5.97 Å². The second-order valence-corrected chi connectivity index (χ2v) is 5.13. The standard InChI is InChI=1S/C15H21NO2/c16-10-14(15(17)18)13-8-6-12(7-9-13)11-4-2-1-3-5-11/h6-9,11,14H,1-5,10,16H2,(H,17,18). The van der Waals surface area contributed by atoms with Gasteiger partial charge in [0.1, 0.15) is 0 Å². The molecule has 3 heteroatoms. The zero-order valence-electron chi connectivity index (χ0n) is 10.6. The van der Waals surface area contributed by atoms with Crippen LogP contribution in [0.1, 0.15) is 55.1 Å². The number of nitrogens with two attached hydrogens (primary N) is 1. The summed E-state index contributed by atoms with van der Waals surface area (Å²) in [4.78, 5) is 11.0. The molecule has 2 rings (SSSR count). The highest BCUT2D eigenvalue weighted by Gasteiger charge is 2.19. The predicted octanol–water partition coefficient (Wildman–Crippen LogP) is 2.86. The summed E-state index contributed by atoms with van der Waals surface area (Å²) in [5.74, 6) is -0.762. The van der Waals surface area contributed by atoms with Crippen molar-refractivity contribution in [2.45, 2.75) is 43.9 Å². The Morgan fingerprint density at radius 2 is 1.83 bits per heavy atom. The molecule has 1 unspecified atom stereocenters. The summed E-state index contributed by atoms with van der Waals surface area (Å²) in [5, 5.41) is 9.06. The first-order chi connectivity index (χ1) is 8.72. The molecule has 0 bridgehead atoms. The fraction of sp³-hybridized carbons (Fsp3) is 0.533. The van der Waals surface area contributed by atoms with Gasteiger partial charge in [0, 0.05) is 6.54 Å². The molecule has 0 spiro atoms. The average molecular weight is 247 g/mol. The van der Waals surface area contributed by atoms with Crippen LogP contribution in [0.5, 0.6) is 0 Å². The van der Waals surface area contributed by atoms with E-state index in [2.05, 4.69) is 12.1 Å². The van der Waals surface area contributed by atoms with Gasteiger partial charge in [-0.1, -0.05) is 43.5 Å². The van der Waals surface area contributed by atoms with Gasteiger partial charge in [-0.2, -0.15) is 0 Å². The van der Waals surface area contributed by atoms with E-state index in [1.54, 1.807) is 0 Å². The van der Waals surface area contributed by atoms with Crippen LogP contribution in [0.25, 0.3) is 0 Å². The normalized spacial score (nSPS) is 18.5. The van der Waals surface area contributed by atoms with Gasteiger partial charge in [0.05, 0.1) is 5.92 Å². The monoisotopic (exact) mass is 247 g/mol. The van der Waals surface area contributed by atoms with Crippen LogP contribution in [0.2, 0.25) is 0 Å². The first-order valence-electron chi connectivity index (χ1n) is 6.75. The van der Waals surface area contributed by atoms with Gasteiger partial charge in [-0.25, -0.2) is 0 Å². The smallest absolute Gasteiger partial charge is 0.312 e. The molecule has 3 N–H and O–H groups in total. The fourth-order valence-corrected chi connectivity index (χ4v) is 2.82. The highest BCUT2D eigenvalue weighted by molar-refractivity contribution is 5.76. The molecular formula is C15H21NO2. The number of hydrogen-bond acceptors (Lipinski definition) is 2. The third-order valence-electron chi connectivity index (χ3n) is 3.95. The van der Waals surface area contributed by atoms with Crippen molar-refractivity contribution < 1.29 is 9.90 Å². The maximum absolute atomic E-state index is 11.0. The number of carboxylic acids is 1. The molecule has 1 atom stereocenters. The maximum atomic E-state index is 11.0. The zero-order valence-corrected chi connectivity index (χ0v) is 10.6. The topological polar surface area (TPSA) is 63.3 Å². The van der Waals surface area contributed by atoms with Crippen LogP contribution >= 0.6 is 0 Å². The molecule has 3 nitrogen and oxygen atoms in total. The predicted molar refractivity (Wildman–Crippen MR) is 71.7 cm³/mol. The molecule has 0 radical (unpaired) electrons. The lowest BCUT2D eigenvalue weighted by molar-refractivity contribution is -0.138. The van der Waals surface area contributed by atoms with E-state index in [9.17, 15) is 4.79 Å². The van der Waals surface area contributed by atoms with Gasteiger partial charge in [-0.3, -0.25) is 4.79 Å². The first-order valence-corrected chi connectivity index (χ1v) is 6.75. The van der Waals surface area contributed by atoms with Crippen molar-refractivity contribution in [2.75, 3.05) is 6.54 Å². The molecule has 98 valence electrons. The second kappa shape index (κ2) is 6.01. The number of aliphatic carboxylic acids is 1. The minimum Gasteiger partial charge on any atom is -0.481 e. The third-order valence-corrected chi connectivity index (χ3v) is 3.95. The average Bonchev–Trinajstić information content (AvgIpc) is 2.41. The Hall–Kier alpha value is -1.35. The lowest BCUT2D eigenvalue weighted by Gasteiger charge is -2.22. The van der Waals surface area contributed by atoms with Crippen molar-refractivity contribution in [3.8, 4) is 0 Å². The van der Waals surface area contributed by atoms with Gasteiger partial charge in [-0.15, -0.1) is 0 Å². The molecule has 0 saturated heterocycles. The Labute approximate surface area is 108 Å². The van der Waals surface area contributed by atoms with Crippen LogP contribution in [0.3, 0.4) is 0 Å². The van der Waals surface area contributed by atoms with E-state index in [1.165, 1.54) is 37.7 Å². The molecule has 0 amide bonds. The van der Waals surface area contributed by atoms with Gasteiger partial charge in [0.2, 0.25) is 0 Å². The Bertz CT molecular complexity index is 393. The van der Waals surface area contributed by atoms with E-state index < -0.39 is 11.9 Å². The summed E-state index contributed by atoms with van der Waals surface area (Å²) in [6, 6.07) is 8.01. The van der Waals surface area contributed by atoms with Gasteiger partial charge in [0.15, 0.2) is 0 Å². The highest BCUT2D eigenvalue weighted by Crippen LogP contribution is 2.33. The van der Waals surface area contributed by atoms with Crippen molar-refractivity contribution in [1.29, 1.82) is 0 Å². The molecule has 0 aliphatic heterocycles. The molecule has 1 aliphatic carbocycles. The number of carboxylic acid groups (broad SMARTS) is 1. The summed E-state index contributed by atoms with van der Waals surface area (Å²) >= 11 is 0. The van der Waals surface area contributed by atoms with Crippen LogP contribution in [0.4, 0.5) is 0 Å². The Balaban J connectivity index is 2.11. The van der Waals surface area contributed by atoms with Gasteiger partial charge < -0.3 is 10.8 Å². The molecule has 1 aromatic carbocycles. The largest absolute Gasteiger partial charge is 0.481 e. The van der Waals surface area contributed by atoms with Gasteiger partial charge in [-0.05, 0) is 29.9 Å². The third kappa shape index (κ3) is 2.91. The van der Waals surface area contributed by atoms with E-state index in [1.807, 2.05) is 12.1 Å². The lowest BCUT2D eigenvalue weighted by Crippen LogP contribution is -2.21. The van der Waals surface area contributed by atoms with Crippen molar-refractivity contribution in [3.63, 3.8) is 0 Å². The van der Waals surface area contributed by atoms with Crippen LogP contribution < -0.4 is 5.73 Å². The SMILES string of the molecule is NCC(C(=O)O)c1ccc(C2CCCCC2)cc1. The zero-order chi connectivity index (χ0) is 13.0. The van der Waals surface area contributed by atoms with E-state index >= 15 is 0 Å². The minimum atomic E-state index is -0.845. The van der Waals surface area contributed by atoms with Gasteiger partial charge >= 0.3 is 5.97 Å². The number of benzene rings is 1. The van der Waals surface area contributed by atoms with E-state index in [-0.39, 0.29) is 6.54 Å². The summed E-state index contributed by atoms with van der Waals surface area (Å²) in [6.45, 7) is 0.151. The fourth-order valence-electron chi connectivity index (χ4n) is 2.82. The molecule has 1 aliphatic rings. The minimum absolute atomic E-state index is 0.151. The van der Waals surface area contributed by atoms with Crippen molar-refractivity contribution in [1.82, 2.24) is 0 Å². The van der Waals surface area contributed by atoms with Crippen molar-refractivity contribution in [3.05, 3.63) is 35.4 Å². The summed E-state index contributed by atoms with van der Waals surface area (Å²) < 4.78 is 0. The molecule has 1 fully saturated rings. The van der Waals surface area contributed by atoms with Crippen LogP contribution in [0.15, 0.2) is 24.3 Å². The molecular weight excluding hydrogens is 226 g/mol. The van der Waals surface area contributed by atoms with Gasteiger partial charge in [0.25, 0.3) is 0 Å². The number of carbonyl (C=O) groups is 1. The second-order valence-electron chi connectivity index (χ2n) is 5.13. The molecule has 1 saturated carbocycles. The summed E-state index contributed by atoms with van der Waals surface area (Å²) in [7, 11) is 0. The Kier molecular flexibility index (Phi) is 4.37. The highest BCUT2D eigenvalue weighted by atomic mass is 16.4. The summed E-state index contributed by atoms with van der Waals surface area (Å²) in [6.07, 6.45) is 6.50. The quantitative estimate of drug-likeness (QED) is 0.860. The number of rotatable bonds is 4. The molecule has 18 heavy (non-hydrogen) atoms. The van der Waals surface area contributed by atoms with E-state index in [0.717, 1.165) is 5.56 Å². The Morgan fingerprint density at radius 3 is 2.33 bits per heavy atom. The van der Waals surface area contributed by atoms with Crippen molar-refractivity contribution in [2.24, 2.45) is 5.73 Å². The Morgan fingerprint density at radius 1 is 1.22 bits per heavy atom. The first kappa shape index (κ1) is 13.1. The van der Waals surface area contributed by atoms with Crippen LogP contribution in [-0.4, -0.2) is 17.6 Å². The van der Waals surface area contributed by atoms with Crippen LogP contribution in [-0.2, 0) is 4.79 Å². The molecule has 0 aromatic heterocycles. The summed E-state index contributed by atoms with van der Waals surface area (Å²) in [5.41, 5.74) is 7.66. The number of hydrogen-bond donors (Lipinski definition) is 2.